The summed E-state index contributed by atoms with van der Waals surface area (Å²) in [6, 6.07) is 8.10. The predicted molar refractivity (Wildman–Crippen MR) is 113 cm³/mol. The van der Waals surface area contributed by atoms with Crippen molar-refractivity contribution in [1.29, 1.82) is 0 Å². The zero-order chi connectivity index (χ0) is 23.5. The normalized spacial score (nSPS) is 11.6. The van der Waals surface area contributed by atoms with Crippen molar-refractivity contribution in [2.75, 3.05) is 13.1 Å². The molecule has 1 N–H and O–H groups in total. The number of alkyl halides is 3. The van der Waals surface area contributed by atoms with Crippen molar-refractivity contribution in [1.82, 2.24) is 24.6 Å². The molecule has 0 radical (unpaired) electrons. The molecule has 0 unspecified atom stereocenters. The number of aromatic nitrogens is 3. The minimum atomic E-state index is -4.52. The molecule has 0 saturated carbocycles. The average Bonchev–Trinajstić information content (AvgIpc) is 3.39. The highest BCUT2D eigenvalue weighted by Crippen LogP contribution is 2.31. The molecule has 0 aliphatic heterocycles. The van der Waals surface area contributed by atoms with Crippen molar-refractivity contribution in [3.63, 3.8) is 0 Å². The second-order valence-electron chi connectivity index (χ2n) is 7.47. The van der Waals surface area contributed by atoms with E-state index in [0.29, 0.717) is 0 Å². The predicted octanol–water partition coefficient (Wildman–Crippen LogP) is 3.67. The Bertz CT molecular complexity index is 1090. The zero-order valence-corrected chi connectivity index (χ0v) is 17.9. The van der Waals surface area contributed by atoms with E-state index in [0.717, 1.165) is 12.1 Å². The molecule has 170 valence electrons. The summed E-state index contributed by atoms with van der Waals surface area (Å²) in [6.45, 7) is 5.50. The Balaban J connectivity index is 2.04. The van der Waals surface area contributed by atoms with E-state index < -0.39 is 17.6 Å². The van der Waals surface area contributed by atoms with E-state index in [4.69, 9.17) is 0 Å². The second-order valence-corrected chi connectivity index (χ2v) is 7.47. The number of hydrogen-bond acceptors (Lipinski definition) is 3. The van der Waals surface area contributed by atoms with Crippen LogP contribution in [0.15, 0.2) is 55.0 Å². The van der Waals surface area contributed by atoms with Crippen molar-refractivity contribution in [3.8, 4) is 11.5 Å². The fourth-order valence-electron chi connectivity index (χ4n) is 3.26. The molecule has 0 atom stereocenters. The van der Waals surface area contributed by atoms with Gasteiger partial charge in [-0.3, -0.25) is 9.59 Å². The summed E-state index contributed by atoms with van der Waals surface area (Å²) < 4.78 is 42.5. The van der Waals surface area contributed by atoms with Gasteiger partial charge in [-0.05, 0) is 51.1 Å². The second kappa shape index (κ2) is 9.29. The summed E-state index contributed by atoms with van der Waals surface area (Å²) in [4.78, 5) is 26.8. The summed E-state index contributed by atoms with van der Waals surface area (Å²) in [5, 5.41) is 6.95. The molecule has 0 fully saturated rings. The summed E-state index contributed by atoms with van der Waals surface area (Å²) in [5.41, 5.74) is -0.502. The van der Waals surface area contributed by atoms with E-state index in [1.165, 1.54) is 27.9 Å². The van der Waals surface area contributed by atoms with Crippen LogP contribution in [0.2, 0.25) is 0 Å². The van der Waals surface area contributed by atoms with E-state index in [2.05, 4.69) is 10.4 Å². The van der Waals surface area contributed by atoms with Gasteiger partial charge in [0.25, 0.3) is 5.91 Å². The quantitative estimate of drug-likeness (QED) is 0.601. The molecule has 1 aromatic carbocycles. The van der Waals surface area contributed by atoms with E-state index >= 15 is 0 Å². The van der Waals surface area contributed by atoms with Gasteiger partial charge in [-0.2, -0.15) is 18.3 Å². The van der Waals surface area contributed by atoms with Crippen molar-refractivity contribution >= 4 is 11.8 Å². The van der Waals surface area contributed by atoms with Crippen LogP contribution in [0, 0.1) is 0 Å². The summed E-state index contributed by atoms with van der Waals surface area (Å²) in [5.74, 6) is -0.474. The van der Waals surface area contributed by atoms with Gasteiger partial charge in [0.05, 0.1) is 24.0 Å². The molecule has 0 spiro atoms. The minimum absolute atomic E-state index is 0.0737. The number of amides is 2. The molecule has 0 aliphatic rings. The lowest BCUT2D eigenvalue weighted by Gasteiger charge is -2.21. The lowest BCUT2D eigenvalue weighted by Crippen LogP contribution is -2.42. The smallest absolute Gasteiger partial charge is 0.352 e. The van der Waals surface area contributed by atoms with E-state index in [-0.39, 0.29) is 42.1 Å². The summed E-state index contributed by atoms with van der Waals surface area (Å²) in [7, 11) is 0. The minimum Gasteiger partial charge on any atom is -0.352 e. The number of likely N-dealkylation sites (N-methyl/N-ethyl adjacent to an activating group) is 1. The molecule has 32 heavy (non-hydrogen) atoms. The fraction of sp³-hybridized carbons (Fsp3) is 0.318. The molecule has 0 bridgehead atoms. The highest BCUT2D eigenvalue weighted by molar-refractivity contribution is 5.99. The first-order chi connectivity index (χ1) is 15.1. The molecule has 2 aromatic heterocycles. The van der Waals surface area contributed by atoms with Crippen molar-refractivity contribution < 1.29 is 22.8 Å². The first-order valence-electron chi connectivity index (χ1n) is 10.1. The van der Waals surface area contributed by atoms with Crippen LogP contribution in [0.1, 0.15) is 36.7 Å². The number of nitrogens with one attached hydrogen (secondary N) is 1. The zero-order valence-electron chi connectivity index (χ0n) is 17.9. The van der Waals surface area contributed by atoms with Gasteiger partial charge < -0.3 is 14.8 Å². The van der Waals surface area contributed by atoms with Gasteiger partial charge in [0, 0.05) is 25.0 Å². The maximum Gasteiger partial charge on any atom is 0.416 e. The molecule has 3 aromatic rings. The molecule has 10 heteroatoms. The number of carbonyl (C=O) groups is 2. The third-order valence-electron chi connectivity index (χ3n) is 4.69. The first-order valence-corrected chi connectivity index (χ1v) is 10.1. The van der Waals surface area contributed by atoms with Crippen LogP contribution in [0.4, 0.5) is 13.2 Å². The number of halogens is 3. The number of rotatable bonds is 7. The third kappa shape index (κ3) is 5.01. The van der Waals surface area contributed by atoms with E-state index in [1.807, 2.05) is 13.8 Å². The van der Waals surface area contributed by atoms with Crippen molar-refractivity contribution in [2.24, 2.45) is 0 Å². The van der Waals surface area contributed by atoms with E-state index in [1.54, 1.807) is 36.0 Å². The Hall–Kier alpha value is -3.56. The van der Waals surface area contributed by atoms with Gasteiger partial charge in [-0.1, -0.05) is 6.07 Å². The SMILES string of the molecule is CCN(CC(=O)NC(C)C)C(=O)c1cnn(-c2cccc(C(F)(F)F)c2)c1-n1cccc1. The molecular weight excluding hydrogens is 423 g/mol. The topological polar surface area (TPSA) is 72.2 Å². The van der Waals surface area contributed by atoms with Gasteiger partial charge in [0.2, 0.25) is 5.91 Å². The number of nitrogens with zero attached hydrogens (tertiary/aromatic N) is 4. The largest absolute Gasteiger partial charge is 0.416 e. The Kier molecular flexibility index (Phi) is 6.71. The van der Waals surface area contributed by atoms with Crippen LogP contribution >= 0.6 is 0 Å². The lowest BCUT2D eigenvalue weighted by atomic mass is 10.2. The Morgan fingerprint density at radius 1 is 1.16 bits per heavy atom. The monoisotopic (exact) mass is 447 g/mol. The van der Waals surface area contributed by atoms with Gasteiger partial charge in [0.1, 0.15) is 5.56 Å². The van der Waals surface area contributed by atoms with Gasteiger partial charge in [-0.25, -0.2) is 4.68 Å². The highest BCUT2D eigenvalue weighted by Gasteiger charge is 2.31. The highest BCUT2D eigenvalue weighted by atomic mass is 19.4. The van der Waals surface area contributed by atoms with Crippen LogP contribution in [-0.2, 0) is 11.0 Å². The molecular formula is C22H24F3N5O2. The number of benzene rings is 1. The maximum absolute atomic E-state index is 13.3. The number of carbonyl (C=O) groups excluding carboxylic acids is 2. The molecule has 0 aliphatic carbocycles. The van der Waals surface area contributed by atoms with Gasteiger partial charge in [-0.15, -0.1) is 0 Å². The lowest BCUT2D eigenvalue weighted by molar-refractivity contribution is -0.137. The van der Waals surface area contributed by atoms with Crippen LogP contribution in [0.3, 0.4) is 0 Å². The van der Waals surface area contributed by atoms with Crippen molar-refractivity contribution in [2.45, 2.75) is 33.0 Å². The summed E-state index contributed by atoms with van der Waals surface area (Å²) in [6.07, 6.45) is 0.123. The van der Waals surface area contributed by atoms with Gasteiger partial charge in [0.15, 0.2) is 5.82 Å². The van der Waals surface area contributed by atoms with E-state index in [9.17, 15) is 22.8 Å². The average molecular weight is 447 g/mol. The molecule has 2 heterocycles. The first kappa shape index (κ1) is 23.1. The number of hydrogen-bond donors (Lipinski definition) is 1. The van der Waals surface area contributed by atoms with Crippen LogP contribution in [-0.4, -0.2) is 50.2 Å². The van der Waals surface area contributed by atoms with Gasteiger partial charge >= 0.3 is 6.18 Å². The maximum atomic E-state index is 13.3. The van der Waals surface area contributed by atoms with Crippen LogP contribution in [0.5, 0.6) is 0 Å². The molecule has 2 amide bonds. The fourth-order valence-corrected chi connectivity index (χ4v) is 3.26. The Morgan fingerprint density at radius 2 is 1.84 bits per heavy atom. The standard InChI is InChI=1S/C22H24F3N5O2/c1-4-28(14-19(31)27-15(2)3)21(32)18-13-26-30(20(18)29-10-5-6-11-29)17-9-7-8-16(12-17)22(23,24)25/h5-13,15H,4,14H2,1-3H3,(H,27,31). The summed E-state index contributed by atoms with van der Waals surface area (Å²) >= 11 is 0. The van der Waals surface area contributed by atoms with Crippen LogP contribution < -0.4 is 5.32 Å². The molecule has 3 rings (SSSR count). The molecule has 0 saturated heterocycles. The Morgan fingerprint density at radius 3 is 2.44 bits per heavy atom. The van der Waals surface area contributed by atoms with Crippen molar-refractivity contribution in [3.05, 3.63) is 66.1 Å². The van der Waals surface area contributed by atoms with Crippen LogP contribution in [0.25, 0.3) is 11.5 Å². The molecule has 7 nitrogen and oxygen atoms in total. The Labute approximate surface area is 183 Å². The third-order valence-corrected chi connectivity index (χ3v) is 4.69.